The van der Waals surface area contributed by atoms with E-state index in [1.807, 2.05) is 0 Å². The average Bonchev–Trinajstić information content (AvgIpc) is 2.50. The lowest BCUT2D eigenvalue weighted by Gasteiger charge is -2.14. The fourth-order valence-corrected chi connectivity index (χ4v) is 2.59. The van der Waals surface area contributed by atoms with E-state index in [-0.39, 0.29) is 0 Å². The molecule has 0 bridgehead atoms. The number of unbranched alkanes of at least 4 members (excludes halogenated alkanes) is 3. The van der Waals surface area contributed by atoms with Crippen LogP contribution in [0.3, 0.4) is 0 Å². The van der Waals surface area contributed by atoms with Gasteiger partial charge in [0.15, 0.2) is 0 Å². The fourth-order valence-electron chi connectivity index (χ4n) is 2.59. The zero-order chi connectivity index (χ0) is 15.3. The van der Waals surface area contributed by atoms with E-state index in [4.69, 9.17) is 0 Å². The number of rotatable bonds is 12. The summed E-state index contributed by atoms with van der Waals surface area (Å²) in [5, 5.41) is 0. The molecule has 0 saturated heterocycles. The van der Waals surface area contributed by atoms with Crippen molar-refractivity contribution in [3.8, 4) is 0 Å². The van der Waals surface area contributed by atoms with E-state index < -0.39 is 0 Å². The molecule has 0 saturated carbocycles. The van der Waals surface area contributed by atoms with Crippen LogP contribution in [0.2, 0.25) is 0 Å². The van der Waals surface area contributed by atoms with Crippen LogP contribution in [-0.4, -0.2) is 18.9 Å². The highest BCUT2D eigenvalue weighted by Gasteiger charge is 2.08. The molecule has 1 aromatic rings. The topological polar surface area (TPSA) is 51.2 Å². The molecule has 0 heterocycles. The van der Waals surface area contributed by atoms with Gasteiger partial charge in [0.25, 0.3) is 0 Å². The Balaban J connectivity index is 2.81. The molecule has 21 heavy (non-hydrogen) atoms. The summed E-state index contributed by atoms with van der Waals surface area (Å²) in [4.78, 5) is 31.4. The molecule has 1 rings (SSSR count). The van der Waals surface area contributed by atoms with Gasteiger partial charge in [-0.15, -0.1) is 0 Å². The molecule has 0 amide bonds. The van der Waals surface area contributed by atoms with Crippen molar-refractivity contribution < 1.29 is 14.4 Å². The summed E-state index contributed by atoms with van der Waals surface area (Å²) in [5.74, 6) is 0. The van der Waals surface area contributed by atoms with Gasteiger partial charge < -0.3 is 14.4 Å². The first-order valence-electron chi connectivity index (χ1n) is 7.74. The van der Waals surface area contributed by atoms with Gasteiger partial charge in [-0.2, -0.15) is 0 Å². The van der Waals surface area contributed by atoms with Crippen LogP contribution in [0.15, 0.2) is 18.2 Å². The van der Waals surface area contributed by atoms with Crippen LogP contribution in [-0.2, 0) is 33.6 Å². The van der Waals surface area contributed by atoms with Gasteiger partial charge in [0.2, 0.25) is 0 Å². The van der Waals surface area contributed by atoms with Crippen molar-refractivity contribution in [2.45, 2.75) is 57.8 Å². The first-order chi connectivity index (χ1) is 10.3. The predicted octanol–water partition coefficient (Wildman–Crippen LogP) is 3.25. The molecule has 0 atom stereocenters. The lowest BCUT2D eigenvalue weighted by Crippen LogP contribution is -2.02. The molecular weight excluding hydrogens is 264 g/mol. The first kappa shape index (κ1) is 17.3. The Morgan fingerprint density at radius 2 is 1.10 bits per heavy atom. The standard InChI is InChI=1S/C18H24O3/c19-13-4-1-8-16-10-7-11-17(9-2-5-14-20)18(16)12-3-6-15-21/h7,10-11,13-15H,1-6,8-9,12H2. The molecule has 0 aliphatic carbocycles. The Hall–Kier alpha value is -1.77. The molecule has 3 nitrogen and oxygen atoms in total. The summed E-state index contributed by atoms with van der Waals surface area (Å²) >= 11 is 0. The molecule has 0 radical (unpaired) electrons. The van der Waals surface area contributed by atoms with Crippen molar-refractivity contribution in [3.05, 3.63) is 34.9 Å². The van der Waals surface area contributed by atoms with Crippen LogP contribution in [0.1, 0.15) is 55.2 Å². The van der Waals surface area contributed by atoms with Gasteiger partial charge in [0.05, 0.1) is 0 Å². The van der Waals surface area contributed by atoms with Crippen LogP contribution in [0.4, 0.5) is 0 Å². The number of aldehydes is 3. The second-order valence-electron chi connectivity index (χ2n) is 5.23. The minimum Gasteiger partial charge on any atom is -0.303 e. The Morgan fingerprint density at radius 3 is 1.52 bits per heavy atom. The van der Waals surface area contributed by atoms with Crippen LogP contribution in [0.25, 0.3) is 0 Å². The van der Waals surface area contributed by atoms with E-state index in [0.29, 0.717) is 19.3 Å². The van der Waals surface area contributed by atoms with E-state index in [1.54, 1.807) is 0 Å². The van der Waals surface area contributed by atoms with Gasteiger partial charge in [-0.05, 0) is 55.2 Å². The summed E-state index contributed by atoms with van der Waals surface area (Å²) < 4.78 is 0. The SMILES string of the molecule is O=CCCCc1cccc(CCCC=O)c1CCCC=O. The highest BCUT2D eigenvalue weighted by atomic mass is 16.1. The molecule has 0 aromatic heterocycles. The highest BCUT2D eigenvalue weighted by molar-refractivity contribution is 5.50. The highest BCUT2D eigenvalue weighted by Crippen LogP contribution is 2.21. The van der Waals surface area contributed by atoms with Gasteiger partial charge in [0.1, 0.15) is 18.9 Å². The Bertz CT molecular complexity index is 420. The van der Waals surface area contributed by atoms with E-state index >= 15 is 0 Å². The maximum absolute atomic E-state index is 10.5. The van der Waals surface area contributed by atoms with E-state index in [2.05, 4.69) is 18.2 Å². The first-order valence-corrected chi connectivity index (χ1v) is 7.74. The van der Waals surface area contributed by atoms with Crippen molar-refractivity contribution in [1.82, 2.24) is 0 Å². The number of hydrogen-bond acceptors (Lipinski definition) is 3. The third kappa shape index (κ3) is 6.48. The van der Waals surface area contributed by atoms with Gasteiger partial charge in [-0.3, -0.25) is 0 Å². The van der Waals surface area contributed by atoms with Crippen molar-refractivity contribution in [1.29, 1.82) is 0 Å². The van der Waals surface area contributed by atoms with Crippen molar-refractivity contribution in [2.75, 3.05) is 0 Å². The van der Waals surface area contributed by atoms with Gasteiger partial charge in [-0.1, -0.05) is 18.2 Å². The van der Waals surface area contributed by atoms with Crippen molar-refractivity contribution in [3.63, 3.8) is 0 Å². The fraction of sp³-hybridized carbons (Fsp3) is 0.500. The average molecular weight is 288 g/mol. The van der Waals surface area contributed by atoms with Crippen LogP contribution in [0, 0.1) is 0 Å². The van der Waals surface area contributed by atoms with Gasteiger partial charge in [-0.25, -0.2) is 0 Å². The number of carbonyl (C=O) groups excluding carboxylic acids is 3. The zero-order valence-electron chi connectivity index (χ0n) is 12.6. The molecule has 0 aliphatic rings. The third-order valence-corrected chi connectivity index (χ3v) is 3.65. The molecule has 0 N–H and O–H groups in total. The summed E-state index contributed by atoms with van der Waals surface area (Å²) in [5.41, 5.74) is 3.88. The zero-order valence-corrected chi connectivity index (χ0v) is 12.6. The van der Waals surface area contributed by atoms with Crippen LogP contribution >= 0.6 is 0 Å². The summed E-state index contributed by atoms with van der Waals surface area (Å²) in [6, 6.07) is 6.28. The largest absolute Gasteiger partial charge is 0.303 e. The normalized spacial score (nSPS) is 10.3. The number of hydrogen-bond donors (Lipinski definition) is 0. The Morgan fingerprint density at radius 1 is 0.667 bits per heavy atom. The third-order valence-electron chi connectivity index (χ3n) is 3.65. The molecule has 3 heteroatoms. The smallest absolute Gasteiger partial charge is 0.120 e. The van der Waals surface area contributed by atoms with Crippen molar-refractivity contribution >= 4 is 18.9 Å². The maximum atomic E-state index is 10.5. The Labute approximate surface area is 126 Å². The molecule has 114 valence electrons. The quantitative estimate of drug-likeness (QED) is 0.438. The maximum Gasteiger partial charge on any atom is 0.120 e. The second kappa shape index (κ2) is 11.0. The molecular formula is C18H24O3. The van der Waals surface area contributed by atoms with Crippen LogP contribution in [0.5, 0.6) is 0 Å². The van der Waals surface area contributed by atoms with Crippen molar-refractivity contribution in [2.24, 2.45) is 0 Å². The minimum atomic E-state index is 0.580. The number of aryl methyl sites for hydroxylation is 2. The van der Waals surface area contributed by atoms with E-state index in [1.165, 1.54) is 16.7 Å². The molecule has 0 spiro atoms. The van der Waals surface area contributed by atoms with E-state index in [9.17, 15) is 14.4 Å². The molecule has 0 fully saturated rings. The molecule has 0 aliphatic heterocycles. The monoisotopic (exact) mass is 288 g/mol. The number of carbonyl (C=O) groups is 3. The second-order valence-corrected chi connectivity index (χ2v) is 5.23. The van der Waals surface area contributed by atoms with Gasteiger partial charge in [0, 0.05) is 19.3 Å². The van der Waals surface area contributed by atoms with E-state index in [0.717, 1.165) is 57.4 Å². The lowest BCUT2D eigenvalue weighted by molar-refractivity contribution is -0.108. The molecule has 1 aromatic carbocycles. The lowest BCUT2D eigenvalue weighted by atomic mass is 9.91. The Kier molecular flexibility index (Phi) is 9.01. The predicted molar refractivity (Wildman–Crippen MR) is 83.4 cm³/mol. The minimum absolute atomic E-state index is 0.580. The summed E-state index contributed by atoms with van der Waals surface area (Å²) in [6.07, 6.45) is 9.91. The summed E-state index contributed by atoms with van der Waals surface area (Å²) in [7, 11) is 0. The summed E-state index contributed by atoms with van der Waals surface area (Å²) in [6.45, 7) is 0. The van der Waals surface area contributed by atoms with Gasteiger partial charge >= 0.3 is 0 Å². The molecule has 0 unspecified atom stereocenters. The van der Waals surface area contributed by atoms with Crippen LogP contribution < -0.4 is 0 Å². The number of benzene rings is 1.